The Morgan fingerprint density at radius 3 is 2.50 bits per heavy atom. The monoisotopic (exact) mass is 255 g/mol. The Bertz CT molecular complexity index is 283. The van der Waals surface area contributed by atoms with Crippen molar-refractivity contribution in [2.24, 2.45) is 22.5 Å². The molecule has 1 aliphatic carbocycles. The fourth-order valence-electron chi connectivity index (χ4n) is 3.17. The molecule has 2 N–H and O–H groups in total. The van der Waals surface area contributed by atoms with Crippen LogP contribution in [0.2, 0.25) is 0 Å². The number of hydrogen-bond acceptors (Lipinski definition) is 3. The van der Waals surface area contributed by atoms with Gasteiger partial charge in [-0.1, -0.05) is 27.2 Å². The van der Waals surface area contributed by atoms with E-state index in [1.165, 1.54) is 26.4 Å². The van der Waals surface area contributed by atoms with E-state index in [1.807, 2.05) is 0 Å². The zero-order valence-corrected chi connectivity index (χ0v) is 12.4. The summed E-state index contributed by atoms with van der Waals surface area (Å²) < 4.78 is 4.82. The zero-order valence-electron chi connectivity index (χ0n) is 12.4. The number of ether oxygens (including phenoxy) is 1. The second-order valence-electron chi connectivity index (χ2n) is 6.95. The Hall–Kier alpha value is -0.570. The number of carbonyl (C=O) groups is 1. The van der Waals surface area contributed by atoms with Gasteiger partial charge in [-0.3, -0.25) is 4.79 Å². The first kappa shape index (κ1) is 15.5. The van der Waals surface area contributed by atoms with Crippen LogP contribution in [0.1, 0.15) is 59.3 Å². The molecular formula is C15H29NO2. The number of hydrogen-bond donors (Lipinski definition) is 1. The molecule has 0 aromatic rings. The van der Waals surface area contributed by atoms with Gasteiger partial charge in [0.15, 0.2) is 0 Å². The number of nitrogens with two attached hydrogens (primary N) is 1. The highest BCUT2D eigenvalue weighted by atomic mass is 16.5. The topological polar surface area (TPSA) is 52.3 Å². The van der Waals surface area contributed by atoms with E-state index >= 15 is 0 Å². The van der Waals surface area contributed by atoms with E-state index in [2.05, 4.69) is 20.8 Å². The Morgan fingerprint density at radius 2 is 2.00 bits per heavy atom. The van der Waals surface area contributed by atoms with E-state index in [0.717, 1.165) is 18.8 Å². The van der Waals surface area contributed by atoms with Gasteiger partial charge in [0, 0.05) is 0 Å². The van der Waals surface area contributed by atoms with E-state index < -0.39 is 0 Å². The minimum atomic E-state index is -0.116. The molecule has 0 radical (unpaired) electrons. The van der Waals surface area contributed by atoms with Gasteiger partial charge in [0.05, 0.1) is 13.5 Å². The number of rotatable bonds is 3. The predicted molar refractivity (Wildman–Crippen MR) is 74.2 cm³/mol. The molecule has 1 aliphatic rings. The van der Waals surface area contributed by atoms with Crippen LogP contribution < -0.4 is 5.73 Å². The summed E-state index contributed by atoms with van der Waals surface area (Å²) in [6, 6.07) is 0. The SMILES string of the molecule is COC(=O)CC1(CN)CCCC(C(C)(C)C)CC1. The third-order valence-electron chi connectivity index (χ3n) is 4.69. The number of methoxy groups -OCH3 is 1. The summed E-state index contributed by atoms with van der Waals surface area (Å²) in [7, 11) is 1.46. The molecule has 0 heterocycles. The Morgan fingerprint density at radius 1 is 1.33 bits per heavy atom. The van der Waals surface area contributed by atoms with Gasteiger partial charge in [0.25, 0.3) is 0 Å². The molecule has 0 saturated heterocycles. The normalized spacial score (nSPS) is 29.7. The largest absolute Gasteiger partial charge is 0.469 e. The summed E-state index contributed by atoms with van der Waals surface area (Å²) in [5, 5.41) is 0. The first-order valence-corrected chi connectivity index (χ1v) is 7.10. The van der Waals surface area contributed by atoms with E-state index in [-0.39, 0.29) is 11.4 Å². The molecular weight excluding hydrogens is 226 g/mol. The molecule has 2 atom stereocenters. The third kappa shape index (κ3) is 3.98. The van der Waals surface area contributed by atoms with Crippen molar-refractivity contribution >= 4 is 5.97 Å². The predicted octanol–water partition coefficient (Wildman–Crippen LogP) is 3.12. The first-order valence-electron chi connectivity index (χ1n) is 7.10. The van der Waals surface area contributed by atoms with Gasteiger partial charge in [-0.05, 0) is 49.0 Å². The van der Waals surface area contributed by atoms with Crippen LogP contribution in [-0.2, 0) is 9.53 Å². The average molecular weight is 255 g/mol. The van der Waals surface area contributed by atoms with Crippen LogP contribution in [0.25, 0.3) is 0 Å². The van der Waals surface area contributed by atoms with Crippen LogP contribution in [0.15, 0.2) is 0 Å². The fraction of sp³-hybridized carbons (Fsp3) is 0.933. The van der Waals surface area contributed by atoms with Crippen LogP contribution in [0.5, 0.6) is 0 Å². The molecule has 0 aromatic heterocycles. The molecule has 0 bridgehead atoms. The second kappa shape index (κ2) is 6.05. The molecule has 1 fully saturated rings. The molecule has 0 amide bonds. The molecule has 0 aliphatic heterocycles. The minimum Gasteiger partial charge on any atom is -0.469 e. The lowest BCUT2D eigenvalue weighted by Crippen LogP contribution is -2.33. The second-order valence-corrected chi connectivity index (χ2v) is 6.95. The molecule has 0 aromatic carbocycles. The maximum atomic E-state index is 11.6. The van der Waals surface area contributed by atoms with E-state index in [4.69, 9.17) is 10.5 Å². The smallest absolute Gasteiger partial charge is 0.306 e. The average Bonchev–Trinajstić information content (AvgIpc) is 2.51. The van der Waals surface area contributed by atoms with Crippen molar-refractivity contribution in [3.8, 4) is 0 Å². The Kier molecular flexibility index (Phi) is 5.20. The standard InChI is InChI=1S/C15H29NO2/c1-14(2,3)12-6-5-8-15(11-16,9-7-12)10-13(17)18-4/h12H,5-11,16H2,1-4H3. The van der Waals surface area contributed by atoms with Gasteiger partial charge in [-0.25, -0.2) is 0 Å². The van der Waals surface area contributed by atoms with E-state index in [0.29, 0.717) is 18.4 Å². The summed E-state index contributed by atoms with van der Waals surface area (Å²) >= 11 is 0. The first-order chi connectivity index (χ1) is 8.33. The molecule has 1 rings (SSSR count). The lowest BCUT2D eigenvalue weighted by molar-refractivity contribution is -0.143. The highest BCUT2D eigenvalue weighted by Gasteiger charge is 2.37. The quantitative estimate of drug-likeness (QED) is 0.622. The van der Waals surface area contributed by atoms with Crippen LogP contribution in [0.4, 0.5) is 0 Å². The highest BCUT2D eigenvalue weighted by molar-refractivity contribution is 5.70. The van der Waals surface area contributed by atoms with Crippen LogP contribution in [0, 0.1) is 16.7 Å². The van der Waals surface area contributed by atoms with E-state index in [1.54, 1.807) is 0 Å². The summed E-state index contributed by atoms with van der Waals surface area (Å²) in [5.41, 5.74) is 6.29. The van der Waals surface area contributed by atoms with Crippen LogP contribution in [0.3, 0.4) is 0 Å². The van der Waals surface area contributed by atoms with Gasteiger partial charge < -0.3 is 10.5 Å². The molecule has 3 nitrogen and oxygen atoms in total. The Balaban J connectivity index is 2.70. The van der Waals surface area contributed by atoms with Crippen molar-refractivity contribution in [2.45, 2.75) is 59.3 Å². The van der Waals surface area contributed by atoms with Gasteiger partial charge in [-0.2, -0.15) is 0 Å². The van der Waals surface area contributed by atoms with Crippen molar-refractivity contribution < 1.29 is 9.53 Å². The molecule has 2 unspecified atom stereocenters. The van der Waals surface area contributed by atoms with Crippen molar-refractivity contribution in [1.29, 1.82) is 0 Å². The molecule has 1 saturated carbocycles. The minimum absolute atomic E-state index is 0.0207. The zero-order chi connectivity index (χ0) is 13.8. The molecule has 106 valence electrons. The molecule has 0 spiro atoms. The number of esters is 1. The van der Waals surface area contributed by atoms with Crippen molar-refractivity contribution in [3.05, 3.63) is 0 Å². The maximum Gasteiger partial charge on any atom is 0.306 e. The summed E-state index contributed by atoms with van der Waals surface area (Å²) in [6.45, 7) is 7.53. The summed E-state index contributed by atoms with van der Waals surface area (Å²) in [5.74, 6) is 0.623. The lowest BCUT2D eigenvalue weighted by Gasteiger charge is -2.32. The number of carbonyl (C=O) groups excluding carboxylic acids is 1. The lowest BCUT2D eigenvalue weighted by atomic mass is 9.74. The summed E-state index contributed by atoms with van der Waals surface area (Å²) in [4.78, 5) is 11.6. The fourth-order valence-corrected chi connectivity index (χ4v) is 3.17. The van der Waals surface area contributed by atoms with E-state index in [9.17, 15) is 4.79 Å². The van der Waals surface area contributed by atoms with Crippen LogP contribution >= 0.6 is 0 Å². The highest BCUT2D eigenvalue weighted by Crippen LogP contribution is 2.44. The van der Waals surface area contributed by atoms with Gasteiger partial charge in [0.2, 0.25) is 0 Å². The van der Waals surface area contributed by atoms with Crippen molar-refractivity contribution in [1.82, 2.24) is 0 Å². The molecule has 18 heavy (non-hydrogen) atoms. The van der Waals surface area contributed by atoms with Gasteiger partial charge >= 0.3 is 5.97 Å². The van der Waals surface area contributed by atoms with Gasteiger partial charge in [0.1, 0.15) is 0 Å². The van der Waals surface area contributed by atoms with Crippen molar-refractivity contribution in [2.75, 3.05) is 13.7 Å². The summed E-state index contributed by atoms with van der Waals surface area (Å²) in [6.07, 6.45) is 6.21. The van der Waals surface area contributed by atoms with Gasteiger partial charge in [-0.15, -0.1) is 0 Å². The van der Waals surface area contributed by atoms with Crippen molar-refractivity contribution in [3.63, 3.8) is 0 Å². The molecule has 3 heteroatoms. The third-order valence-corrected chi connectivity index (χ3v) is 4.69. The van der Waals surface area contributed by atoms with Crippen LogP contribution in [-0.4, -0.2) is 19.6 Å². The Labute approximate surface area is 111 Å². The maximum absolute atomic E-state index is 11.6.